The molecule has 2 unspecified atom stereocenters. The van der Waals surface area contributed by atoms with Crippen LogP contribution in [0.1, 0.15) is 18.7 Å². The third-order valence-corrected chi connectivity index (χ3v) is 5.86. The van der Waals surface area contributed by atoms with Gasteiger partial charge in [0.15, 0.2) is 9.84 Å². The second-order valence-electron chi connectivity index (χ2n) is 5.06. The SMILES string of the molecule is CC(C)N(Cc1cccs1)C1CS(=O)(=O)CC1O. The van der Waals surface area contributed by atoms with E-state index in [4.69, 9.17) is 0 Å². The van der Waals surface area contributed by atoms with Crippen LogP contribution in [0, 0.1) is 0 Å². The van der Waals surface area contributed by atoms with Crippen LogP contribution in [-0.2, 0) is 16.4 Å². The zero-order valence-electron chi connectivity index (χ0n) is 10.6. The van der Waals surface area contributed by atoms with E-state index in [1.165, 1.54) is 4.88 Å². The Labute approximate surface area is 112 Å². The third kappa shape index (κ3) is 3.12. The molecule has 0 saturated carbocycles. The lowest BCUT2D eigenvalue weighted by Gasteiger charge is -2.33. The maximum atomic E-state index is 11.6. The van der Waals surface area contributed by atoms with Gasteiger partial charge in [-0.15, -0.1) is 11.3 Å². The monoisotopic (exact) mass is 289 g/mol. The predicted molar refractivity (Wildman–Crippen MR) is 73.4 cm³/mol. The number of aliphatic hydroxyl groups excluding tert-OH is 1. The molecule has 102 valence electrons. The van der Waals surface area contributed by atoms with Crippen molar-refractivity contribution < 1.29 is 13.5 Å². The Bertz CT molecular complexity index is 481. The molecule has 0 bridgehead atoms. The molecule has 6 heteroatoms. The fourth-order valence-electron chi connectivity index (χ4n) is 2.39. The van der Waals surface area contributed by atoms with Gasteiger partial charge in [0.25, 0.3) is 0 Å². The summed E-state index contributed by atoms with van der Waals surface area (Å²) in [5.74, 6) is -0.0386. The number of nitrogens with zero attached hydrogens (tertiary/aromatic N) is 1. The number of hydrogen-bond acceptors (Lipinski definition) is 5. The van der Waals surface area contributed by atoms with E-state index in [9.17, 15) is 13.5 Å². The van der Waals surface area contributed by atoms with Crippen LogP contribution in [0.15, 0.2) is 17.5 Å². The molecule has 0 radical (unpaired) electrons. The van der Waals surface area contributed by atoms with E-state index in [-0.39, 0.29) is 23.6 Å². The summed E-state index contributed by atoms with van der Waals surface area (Å²) in [7, 11) is -3.09. The van der Waals surface area contributed by atoms with Crippen molar-refractivity contribution in [1.82, 2.24) is 4.90 Å². The Balaban J connectivity index is 2.16. The van der Waals surface area contributed by atoms with Gasteiger partial charge in [-0.05, 0) is 25.3 Å². The number of thiophene rings is 1. The molecule has 18 heavy (non-hydrogen) atoms. The molecule has 0 spiro atoms. The van der Waals surface area contributed by atoms with Gasteiger partial charge in [0.1, 0.15) is 0 Å². The quantitative estimate of drug-likeness (QED) is 0.902. The number of rotatable bonds is 4. The van der Waals surface area contributed by atoms with Crippen molar-refractivity contribution in [3.8, 4) is 0 Å². The molecule has 1 aliphatic heterocycles. The highest BCUT2D eigenvalue weighted by atomic mass is 32.2. The second kappa shape index (κ2) is 5.28. The lowest BCUT2D eigenvalue weighted by molar-refractivity contribution is 0.0585. The maximum absolute atomic E-state index is 11.6. The van der Waals surface area contributed by atoms with Crippen molar-refractivity contribution in [3.05, 3.63) is 22.4 Å². The lowest BCUT2D eigenvalue weighted by atomic mass is 10.1. The molecule has 1 saturated heterocycles. The number of aliphatic hydroxyl groups is 1. The van der Waals surface area contributed by atoms with Crippen LogP contribution < -0.4 is 0 Å². The summed E-state index contributed by atoms with van der Waals surface area (Å²) in [5, 5.41) is 12.0. The van der Waals surface area contributed by atoms with Crippen molar-refractivity contribution in [2.45, 2.75) is 38.6 Å². The van der Waals surface area contributed by atoms with Gasteiger partial charge in [-0.3, -0.25) is 4.90 Å². The molecule has 1 aromatic rings. The standard InChI is InChI=1S/C12H19NO3S2/c1-9(2)13(6-10-4-3-5-17-10)11-7-18(15,16)8-12(11)14/h3-5,9,11-12,14H,6-8H2,1-2H3. The van der Waals surface area contributed by atoms with Crippen LogP contribution in [0.4, 0.5) is 0 Å². The van der Waals surface area contributed by atoms with E-state index < -0.39 is 15.9 Å². The lowest BCUT2D eigenvalue weighted by Crippen LogP contribution is -2.46. The minimum absolute atomic E-state index is 0.0672. The van der Waals surface area contributed by atoms with Crippen LogP contribution in [0.25, 0.3) is 0 Å². The van der Waals surface area contributed by atoms with Crippen molar-refractivity contribution >= 4 is 21.2 Å². The first-order chi connectivity index (χ1) is 8.39. The van der Waals surface area contributed by atoms with Crippen molar-refractivity contribution in [3.63, 3.8) is 0 Å². The van der Waals surface area contributed by atoms with E-state index >= 15 is 0 Å². The van der Waals surface area contributed by atoms with Gasteiger partial charge in [-0.25, -0.2) is 8.42 Å². The van der Waals surface area contributed by atoms with Gasteiger partial charge in [-0.2, -0.15) is 0 Å². The van der Waals surface area contributed by atoms with Gasteiger partial charge >= 0.3 is 0 Å². The predicted octanol–water partition coefficient (Wildman–Crippen LogP) is 1.12. The average Bonchev–Trinajstić information content (AvgIpc) is 2.82. The molecule has 1 fully saturated rings. The zero-order valence-corrected chi connectivity index (χ0v) is 12.2. The molecular formula is C12H19NO3S2. The normalized spacial score (nSPS) is 27.2. The molecule has 1 N–H and O–H groups in total. The topological polar surface area (TPSA) is 57.6 Å². The van der Waals surface area contributed by atoms with E-state index in [0.717, 1.165) is 0 Å². The minimum Gasteiger partial charge on any atom is -0.390 e. The van der Waals surface area contributed by atoms with E-state index in [2.05, 4.69) is 4.90 Å². The summed E-state index contributed by atoms with van der Waals surface area (Å²) < 4.78 is 23.2. The highest BCUT2D eigenvalue weighted by Crippen LogP contribution is 2.24. The van der Waals surface area contributed by atoms with Crippen LogP contribution in [0.2, 0.25) is 0 Å². The Kier molecular flexibility index (Phi) is 4.11. The van der Waals surface area contributed by atoms with Crippen molar-refractivity contribution in [2.75, 3.05) is 11.5 Å². The summed E-state index contributed by atoms with van der Waals surface area (Å²) in [6, 6.07) is 3.95. The Morgan fingerprint density at radius 2 is 2.22 bits per heavy atom. The third-order valence-electron chi connectivity index (χ3n) is 3.30. The minimum atomic E-state index is -3.09. The molecule has 2 atom stereocenters. The zero-order chi connectivity index (χ0) is 13.3. The molecule has 4 nitrogen and oxygen atoms in total. The summed E-state index contributed by atoms with van der Waals surface area (Å²) in [5.41, 5.74) is 0. The van der Waals surface area contributed by atoms with E-state index in [1.54, 1.807) is 11.3 Å². The smallest absolute Gasteiger partial charge is 0.154 e. The fraction of sp³-hybridized carbons (Fsp3) is 0.667. The van der Waals surface area contributed by atoms with E-state index in [1.807, 2.05) is 31.4 Å². The van der Waals surface area contributed by atoms with Crippen molar-refractivity contribution in [1.29, 1.82) is 0 Å². The molecule has 1 aromatic heterocycles. The Hall–Kier alpha value is -0.430. The van der Waals surface area contributed by atoms with Crippen molar-refractivity contribution in [2.24, 2.45) is 0 Å². The summed E-state index contributed by atoms with van der Waals surface area (Å²) in [4.78, 5) is 3.28. The van der Waals surface area contributed by atoms with Crippen LogP contribution in [0.5, 0.6) is 0 Å². The first-order valence-corrected chi connectivity index (χ1v) is 8.76. The number of hydrogen-bond donors (Lipinski definition) is 1. The van der Waals surface area contributed by atoms with Gasteiger partial charge in [0.05, 0.1) is 23.7 Å². The van der Waals surface area contributed by atoms with Gasteiger partial charge in [0.2, 0.25) is 0 Å². The fourth-order valence-corrected chi connectivity index (χ4v) is 4.92. The molecular weight excluding hydrogens is 270 g/mol. The molecule has 1 aliphatic rings. The van der Waals surface area contributed by atoms with Crippen LogP contribution >= 0.6 is 11.3 Å². The van der Waals surface area contributed by atoms with Crippen LogP contribution in [0.3, 0.4) is 0 Å². The molecule has 0 aliphatic carbocycles. The Morgan fingerprint density at radius 1 is 1.50 bits per heavy atom. The van der Waals surface area contributed by atoms with Gasteiger partial charge < -0.3 is 5.11 Å². The van der Waals surface area contributed by atoms with Gasteiger partial charge in [0, 0.05) is 17.5 Å². The molecule has 2 rings (SSSR count). The van der Waals surface area contributed by atoms with E-state index in [0.29, 0.717) is 6.54 Å². The first-order valence-electron chi connectivity index (χ1n) is 6.05. The molecule has 0 aromatic carbocycles. The first kappa shape index (κ1) is 14.0. The summed E-state index contributed by atoms with van der Waals surface area (Å²) in [6.07, 6.45) is -0.766. The summed E-state index contributed by atoms with van der Waals surface area (Å²) >= 11 is 1.66. The largest absolute Gasteiger partial charge is 0.390 e. The maximum Gasteiger partial charge on any atom is 0.154 e. The Morgan fingerprint density at radius 3 is 2.67 bits per heavy atom. The number of sulfone groups is 1. The molecule has 0 amide bonds. The van der Waals surface area contributed by atoms with Crippen LogP contribution in [-0.4, -0.2) is 48.1 Å². The summed E-state index contributed by atoms with van der Waals surface area (Å²) in [6.45, 7) is 4.77. The highest BCUT2D eigenvalue weighted by molar-refractivity contribution is 7.91. The second-order valence-corrected chi connectivity index (χ2v) is 8.24. The highest BCUT2D eigenvalue weighted by Gasteiger charge is 2.40. The molecule has 2 heterocycles. The van der Waals surface area contributed by atoms with Gasteiger partial charge in [-0.1, -0.05) is 6.07 Å². The average molecular weight is 289 g/mol.